The molecule has 9 nitrogen and oxygen atoms in total. The molecule has 1 fully saturated rings. The van der Waals surface area contributed by atoms with E-state index in [2.05, 4.69) is 20.2 Å². The third kappa shape index (κ3) is 4.92. The molecule has 32 heavy (non-hydrogen) atoms. The molecule has 2 heterocycles. The van der Waals surface area contributed by atoms with Crippen LogP contribution in [0.5, 0.6) is 5.75 Å². The van der Waals surface area contributed by atoms with Gasteiger partial charge in [0.25, 0.3) is 5.56 Å². The van der Waals surface area contributed by atoms with Gasteiger partial charge in [0.2, 0.25) is 5.91 Å². The summed E-state index contributed by atoms with van der Waals surface area (Å²) in [6.07, 6.45) is 2.73. The molecule has 0 bridgehead atoms. The molecular formula is C23H32N6O3. The first-order valence-corrected chi connectivity index (χ1v) is 11.1. The zero-order valence-electron chi connectivity index (χ0n) is 19.0. The van der Waals surface area contributed by atoms with Crippen molar-refractivity contribution in [2.75, 3.05) is 37.0 Å². The Bertz CT molecular complexity index is 1040. The van der Waals surface area contributed by atoms with E-state index in [-0.39, 0.29) is 23.1 Å². The van der Waals surface area contributed by atoms with Crippen molar-refractivity contribution in [3.63, 3.8) is 0 Å². The quantitative estimate of drug-likeness (QED) is 0.443. The maximum Gasteiger partial charge on any atom is 0.275 e. The highest BCUT2D eigenvalue weighted by Gasteiger charge is 2.24. The molecule has 0 saturated carbocycles. The highest BCUT2D eigenvalue weighted by molar-refractivity contribution is 6.01. The van der Waals surface area contributed by atoms with Gasteiger partial charge >= 0.3 is 0 Å². The minimum atomic E-state index is -0.330. The van der Waals surface area contributed by atoms with Crippen molar-refractivity contribution in [2.24, 2.45) is 11.7 Å². The van der Waals surface area contributed by atoms with E-state index in [1.807, 2.05) is 32.0 Å². The Labute approximate surface area is 187 Å². The van der Waals surface area contributed by atoms with E-state index in [0.29, 0.717) is 54.4 Å². The molecule has 5 N–H and O–H groups in total. The van der Waals surface area contributed by atoms with Crippen molar-refractivity contribution in [1.82, 2.24) is 9.97 Å². The zero-order chi connectivity index (χ0) is 23.3. The third-order valence-electron chi connectivity index (χ3n) is 5.74. The summed E-state index contributed by atoms with van der Waals surface area (Å²) < 4.78 is 5.82. The summed E-state index contributed by atoms with van der Waals surface area (Å²) in [6.45, 7) is 5.79. The van der Waals surface area contributed by atoms with Crippen LogP contribution in [-0.2, 0) is 4.79 Å². The van der Waals surface area contributed by atoms with Crippen molar-refractivity contribution in [2.45, 2.75) is 39.5 Å². The number of anilines is 2. The second kappa shape index (κ2) is 10.3. The number of carbonyl (C=O) groups excluding carboxylic acids is 1. The van der Waals surface area contributed by atoms with Crippen molar-refractivity contribution in [1.29, 1.82) is 5.41 Å². The van der Waals surface area contributed by atoms with Gasteiger partial charge in [-0.2, -0.15) is 0 Å². The minimum Gasteiger partial charge on any atom is -0.493 e. The fraction of sp³-hybridized carbons (Fsp3) is 0.478. The van der Waals surface area contributed by atoms with Gasteiger partial charge < -0.3 is 31.1 Å². The van der Waals surface area contributed by atoms with E-state index < -0.39 is 0 Å². The van der Waals surface area contributed by atoms with Gasteiger partial charge in [0.1, 0.15) is 23.0 Å². The summed E-state index contributed by atoms with van der Waals surface area (Å²) in [5.41, 5.74) is 7.70. The van der Waals surface area contributed by atoms with Gasteiger partial charge in [0.05, 0.1) is 17.9 Å². The summed E-state index contributed by atoms with van der Waals surface area (Å²) in [6, 6.07) is 5.79. The second-order valence-electron chi connectivity index (χ2n) is 7.89. The normalized spacial score (nSPS) is 14.3. The molecule has 0 atom stereocenters. The average Bonchev–Trinajstić information content (AvgIpc) is 2.79. The number of hydrogen-bond donors (Lipinski definition) is 4. The summed E-state index contributed by atoms with van der Waals surface area (Å²) in [4.78, 5) is 34.0. The van der Waals surface area contributed by atoms with Crippen LogP contribution < -0.4 is 26.2 Å². The number of aromatic amines is 1. The number of nitrogens with one attached hydrogen (secondary N) is 3. The van der Waals surface area contributed by atoms with Crippen LogP contribution in [-0.4, -0.2) is 48.3 Å². The topological polar surface area (TPSA) is 137 Å². The predicted octanol–water partition coefficient (Wildman–Crippen LogP) is 2.75. The van der Waals surface area contributed by atoms with Crippen LogP contribution in [0.15, 0.2) is 23.0 Å². The van der Waals surface area contributed by atoms with Gasteiger partial charge in [-0.1, -0.05) is 13.3 Å². The van der Waals surface area contributed by atoms with Crippen LogP contribution in [0.1, 0.15) is 45.2 Å². The van der Waals surface area contributed by atoms with Crippen molar-refractivity contribution in [3.8, 4) is 17.1 Å². The lowest BCUT2D eigenvalue weighted by Crippen LogP contribution is -2.38. The summed E-state index contributed by atoms with van der Waals surface area (Å²) in [7, 11) is 1.65. The first-order chi connectivity index (χ1) is 15.4. The van der Waals surface area contributed by atoms with Gasteiger partial charge in [-0.15, -0.1) is 0 Å². The maximum absolute atomic E-state index is 12.8. The predicted molar refractivity (Wildman–Crippen MR) is 127 cm³/mol. The SMILES string of the molecule is CCCC(=N)c1nc(-c2cc(N3CCC(C(N)=O)CC3)ccc2OCC)[nH]c(=O)c1NC. The Morgan fingerprint density at radius 1 is 1.34 bits per heavy atom. The number of amides is 1. The molecule has 0 spiro atoms. The Balaban J connectivity index is 2.04. The molecule has 2 aromatic rings. The maximum atomic E-state index is 12.8. The van der Waals surface area contributed by atoms with Crippen LogP contribution in [0.2, 0.25) is 0 Å². The van der Waals surface area contributed by atoms with Crippen LogP contribution in [0, 0.1) is 11.3 Å². The number of primary amides is 1. The van der Waals surface area contributed by atoms with E-state index in [4.69, 9.17) is 15.9 Å². The number of carbonyl (C=O) groups is 1. The number of aromatic nitrogens is 2. The second-order valence-corrected chi connectivity index (χ2v) is 7.89. The molecule has 0 radical (unpaired) electrons. The van der Waals surface area contributed by atoms with Gasteiger partial charge in [0, 0.05) is 31.7 Å². The van der Waals surface area contributed by atoms with Crippen LogP contribution in [0.4, 0.5) is 11.4 Å². The monoisotopic (exact) mass is 440 g/mol. The van der Waals surface area contributed by atoms with Gasteiger partial charge in [-0.3, -0.25) is 9.59 Å². The van der Waals surface area contributed by atoms with Gasteiger partial charge in [-0.05, 0) is 44.4 Å². The summed E-state index contributed by atoms with van der Waals surface area (Å²) in [5, 5.41) is 11.3. The molecule has 1 saturated heterocycles. The van der Waals surface area contributed by atoms with Crippen LogP contribution in [0.25, 0.3) is 11.4 Å². The average molecular weight is 441 g/mol. The van der Waals surface area contributed by atoms with Crippen molar-refractivity contribution >= 4 is 23.0 Å². The number of rotatable bonds is 9. The number of H-pyrrole nitrogens is 1. The highest BCUT2D eigenvalue weighted by Crippen LogP contribution is 2.34. The third-order valence-corrected chi connectivity index (χ3v) is 5.74. The van der Waals surface area contributed by atoms with Gasteiger partial charge in [-0.25, -0.2) is 4.98 Å². The van der Waals surface area contributed by atoms with Crippen LogP contribution >= 0.6 is 0 Å². The fourth-order valence-electron chi connectivity index (χ4n) is 4.02. The standard InChI is InChI=1S/C23H32N6O3/c1-4-6-17(24)19-20(26-3)23(31)28-22(27-19)16-13-15(7-8-18(16)32-5-2)29-11-9-14(10-12-29)21(25)30/h7-8,13-14,24,26H,4-6,9-12H2,1-3H3,(H2,25,30)(H,27,28,31). The van der Waals surface area contributed by atoms with E-state index in [1.54, 1.807) is 7.05 Å². The van der Waals surface area contributed by atoms with E-state index >= 15 is 0 Å². The molecule has 0 unspecified atom stereocenters. The fourth-order valence-corrected chi connectivity index (χ4v) is 4.02. The smallest absolute Gasteiger partial charge is 0.275 e. The van der Waals surface area contributed by atoms with Gasteiger partial charge in [0.15, 0.2) is 0 Å². The van der Waals surface area contributed by atoms with E-state index in [9.17, 15) is 9.59 Å². The van der Waals surface area contributed by atoms with Crippen molar-refractivity contribution < 1.29 is 9.53 Å². The first-order valence-electron chi connectivity index (χ1n) is 11.1. The summed E-state index contributed by atoms with van der Waals surface area (Å²) in [5.74, 6) is 0.636. The van der Waals surface area contributed by atoms with E-state index in [0.717, 1.165) is 25.2 Å². The Morgan fingerprint density at radius 3 is 2.66 bits per heavy atom. The lowest BCUT2D eigenvalue weighted by molar-refractivity contribution is -0.122. The number of ether oxygens (including phenoxy) is 1. The molecule has 3 rings (SSSR count). The lowest BCUT2D eigenvalue weighted by Gasteiger charge is -2.32. The minimum absolute atomic E-state index is 0.0901. The Kier molecular flexibility index (Phi) is 7.50. The zero-order valence-corrected chi connectivity index (χ0v) is 19.0. The lowest BCUT2D eigenvalue weighted by atomic mass is 9.95. The highest BCUT2D eigenvalue weighted by atomic mass is 16.5. The summed E-state index contributed by atoms with van der Waals surface area (Å²) >= 11 is 0. The molecule has 1 aromatic heterocycles. The largest absolute Gasteiger partial charge is 0.493 e. The molecular weight excluding hydrogens is 408 g/mol. The molecule has 1 aliphatic rings. The number of piperidine rings is 1. The van der Waals surface area contributed by atoms with Crippen molar-refractivity contribution in [3.05, 3.63) is 34.2 Å². The molecule has 1 amide bonds. The Hall–Kier alpha value is -3.36. The Morgan fingerprint density at radius 2 is 2.06 bits per heavy atom. The number of nitrogens with zero attached hydrogens (tertiary/aromatic N) is 2. The first kappa shape index (κ1) is 23.3. The number of benzene rings is 1. The molecule has 1 aliphatic heterocycles. The number of nitrogens with two attached hydrogens (primary N) is 1. The van der Waals surface area contributed by atoms with Crippen LogP contribution in [0.3, 0.4) is 0 Å². The molecule has 172 valence electrons. The molecule has 0 aliphatic carbocycles. The molecule has 9 heteroatoms. The van der Waals surface area contributed by atoms with E-state index in [1.165, 1.54) is 0 Å². The number of hydrogen-bond acceptors (Lipinski definition) is 7. The molecule has 1 aromatic carbocycles.